The summed E-state index contributed by atoms with van der Waals surface area (Å²) in [5.41, 5.74) is 0.856. The van der Waals surface area contributed by atoms with Crippen LogP contribution in [0.25, 0.3) is 16.8 Å². The summed E-state index contributed by atoms with van der Waals surface area (Å²) in [4.78, 5) is 13.6. The molecule has 0 aliphatic rings. The van der Waals surface area contributed by atoms with Crippen LogP contribution in [0.4, 0.5) is 0 Å². The lowest BCUT2D eigenvalue weighted by Gasteiger charge is -2.23. The Hall–Kier alpha value is -2.68. The molecule has 0 saturated carbocycles. The third kappa shape index (κ3) is 6.68. The largest absolute Gasteiger partial charge is 0.487 e. The second-order valence-electron chi connectivity index (χ2n) is 9.22. The molecule has 34 heavy (non-hydrogen) atoms. The Morgan fingerprint density at radius 3 is 2.35 bits per heavy atom. The summed E-state index contributed by atoms with van der Waals surface area (Å²) in [6.45, 7) is 8.62. The molecule has 1 atom stereocenters. The Bertz CT molecular complexity index is 1310. The van der Waals surface area contributed by atoms with Gasteiger partial charge in [-0.1, -0.05) is 36.7 Å². The van der Waals surface area contributed by atoms with Crippen LogP contribution in [0.3, 0.4) is 0 Å². The summed E-state index contributed by atoms with van der Waals surface area (Å²) >= 11 is 6.10. The molecule has 0 bridgehead atoms. The minimum Gasteiger partial charge on any atom is -0.487 e. The highest BCUT2D eigenvalue weighted by molar-refractivity contribution is 7.90. The Morgan fingerprint density at radius 2 is 1.76 bits per heavy atom. The molecule has 1 aromatic heterocycles. The van der Waals surface area contributed by atoms with Gasteiger partial charge in [0.1, 0.15) is 0 Å². The van der Waals surface area contributed by atoms with E-state index < -0.39 is 15.4 Å². The number of hydrogen-bond donors (Lipinski definition) is 0. The molecule has 2 aromatic carbocycles. The van der Waals surface area contributed by atoms with Crippen molar-refractivity contribution in [3.63, 3.8) is 0 Å². The number of aromatic nitrogens is 2. The van der Waals surface area contributed by atoms with Crippen LogP contribution >= 0.6 is 11.6 Å². The molecular weight excluding hydrogens is 476 g/mol. The van der Waals surface area contributed by atoms with E-state index in [0.29, 0.717) is 28.4 Å². The van der Waals surface area contributed by atoms with E-state index in [4.69, 9.17) is 21.1 Å². The average molecular weight is 505 g/mol. The topological polar surface area (TPSA) is 87.5 Å². The summed E-state index contributed by atoms with van der Waals surface area (Å²) in [7, 11) is -3.35. The van der Waals surface area contributed by atoms with E-state index in [0.717, 1.165) is 6.26 Å². The van der Waals surface area contributed by atoms with E-state index in [1.807, 2.05) is 27.7 Å². The van der Waals surface area contributed by atoms with Gasteiger partial charge < -0.3 is 9.47 Å². The Morgan fingerprint density at radius 1 is 1.09 bits per heavy atom. The lowest BCUT2D eigenvalue weighted by Crippen LogP contribution is -2.27. The third-order valence-corrected chi connectivity index (χ3v) is 6.26. The second kappa shape index (κ2) is 10.3. The lowest BCUT2D eigenvalue weighted by molar-refractivity contribution is -0.0258. The fourth-order valence-electron chi connectivity index (χ4n) is 3.12. The summed E-state index contributed by atoms with van der Waals surface area (Å²) in [6.07, 6.45) is 2.68. The Labute approximate surface area is 205 Å². The van der Waals surface area contributed by atoms with Gasteiger partial charge in [0.05, 0.1) is 35.6 Å². The quantitative estimate of drug-likeness (QED) is 0.438. The number of hydrogen-bond acceptors (Lipinski definition) is 6. The summed E-state index contributed by atoms with van der Waals surface area (Å²) in [5.74, 6) is 0.136. The maximum atomic E-state index is 13.4. The number of halogens is 1. The molecule has 3 aromatic rings. The van der Waals surface area contributed by atoms with Crippen LogP contribution in [-0.4, -0.2) is 43.3 Å². The van der Waals surface area contributed by atoms with Crippen LogP contribution in [0.5, 0.6) is 5.75 Å². The first-order valence-electron chi connectivity index (χ1n) is 10.8. The van der Waals surface area contributed by atoms with Gasteiger partial charge in [-0.2, -0.15) is 9.78 Å². The highest BCUT2D eigenvalue weighted by atomic mass is 35.5. The molecule has 0 saturated heterocycles. The smallest absolute Gasteiger partial charge is 0.314 e. The van der Waals surface area contributed by atoms with Crippen molar-refractivity contribution in [3.05, 3.63) is 70.1 Å². The molecule has 0 spiro atoms. The summed E-state index contributed by atoms with van der Waals surface area (Å²) in [6, 6.07) is 13.1. The molecule has 0 aliphatic carbocycles. The predicted molar refractivity (Wildman–Crippen MR) is 134 cm³/mol. The zero-order valence-corrected chi connectivity index (χ0v) is 21.5. The van der Waals surface area contributed by atoms with E-state index in [1.165, 1.54) is 23.0 Å². The van der Waals surface area contributed by atoms with Gasteiger partial charge in [-0.15, -0.1) is 0 Å². The summed E-state index contributed by atoms with van der Waals surface area (Å²) in [5, 5.41) is 4.79. The number of ether oxygens (including phenoxy) is 2. The van der Waals surface area contributed by atoms with Crippen molar-refractivity contribution in [2.45, 2.75) is 38.2 Å². The number of benzene rings is 2. The van der Waals surface area contributed by atoms with Crippen LogP contribution < -0.4 is 10.3 Å². The molecule has 3 rings (SSSR count). The van der Waals surface area contributed by atoms with Gasteiger partial charge in [-0.05, 0) is 56.7 Å². The van der Waals surface area contributed by atoms with Crippen molar-refractivity contribution in [2.24, 2.45) is 5.92 Å². The fraction of sp³-hybridized carbons (Fsp3) is 0.360. The van der Waals surface area contributed by atoms with E-state index in [1.54, 1.807) is 36.4 Å². The monoisotopic (exact) mass is 504 g/mol. The van der Waals surface area contributed by atoms with Crippen LogP contribution in [0, 0.1) is 5.92 Å². The maximum absolute atomic E-state index is 13.4. The average Bonchev–Trinajstić information content (AvgIpc) is 2.75. The molecule has 0 radical (unpaired) electrons. The van der Waals surface area contributed by atoms with Crippen molar-refractivity contribution in [3.8, 4) is 22.6 Å². The Balaban J connectivity index is 2.01. The first-order chi connectivity index (χ1) is 15.8. The van der Waals surface area contributed by atoms with Crippen LogP contribution in [0.1, 0.15) is 27.7 Å². The van der Waals surface area contributed by atoms with Gasteiger partial charge in [-0.3, -0.25) is 4.79 Å². The SMILES string of the molecule is C[C@H](COc1c(-c2ccc(S(C)(=O)=O)cc2)cnn(-c2cccc(Cl)c2)c1=O)COC(C)(C)C. The first-order valence-corrected chi connectivity index (χ1v) is 13.1. The molecule has 0 N–H and O–H groups in total. The number of nitrogens with zero attached hydrogens (tertiary/aromatic N) is 2. The molecule has 7 nitrogen and oxygen atoms in total. The van der Waals surface area contributed by atoms with Crippen molar-refractivity contribution in [1.29, 1.82) is 0 Å². The normalized spacial score (nSPS) is 13.0. The van der Waals surface area contributed by atoms with E-state index in [9.17, 15) is 13.2 Å². The molecule has 0 aliphatic heterocycles. The van der Waals surface area contributed by atoms with Crippen LogP contribution in [0.2, 0.25) is 5.02 Å². The van der Waals surface area contributed by atoms with Crippen molar-refractivity contribution in [2.75, 3.05) is 19.5 Å². The van der Waals surface area contributed by atoms with Gasteiger partial charge in [-0.25, -0.2) is 8.42 Å². The molecule has 1 heterocycles. The first kappa shape index (κ1) is 25.9. The predicted octanol–water partition coefficient (Wildman–Crippen LogP) is 4.79. The number of sulfone groups is 1. The molecule has 9 heteroatoms. The molecule has 0 fully saturated rings. The fourth-order valence-corrected chi connectivity index (χ4v) is 3.94. The van der Waals surface area contributed by atoms with E-state index in [-0.39, 0.29) is 28.8 Å². The van der Waals surface area contributed by atoms with Crippen molar-refractivity contribution >= 4 is 21.4 Å². The van der Waals surface area contributed by atoms with Gasteiger partial charge in [0.25, 0.3) is 0 Å². The van der Waals surface area contributed by atoms with Crippen LogP contribution in [0.15, 0.2) is 64.4 Å². The standard InChI is InChI=1S/C25H29ClN2O5S/c1-17(16-33-25(2,3)4)15-32-23-22(18-9-11-21(12-10-18)34(5,30)31)14-27-28(24(23)29)20-8-6-7-19(26)13-20/h6-14,17H,15-16H2,1-5H3/t17-/m1/s1. The van der Waals surface area contributed by atoms with Gasteiger partial charge in [0.15, 0.2) is 15.6 Å². The van der Waals surface area contributed by atoms with Crippen LogP contribution in [-0.2, 0) is 14.6 Å². The van der Waals surface area contributed by atoms with Crippen molar-refractivity contribution in [1.82, 2.24) is 9.78 Å². The van der Waals surface area contributed by atoms with Gasteiger partial charge >= 0.3 is 5.56 Å². The maximum Gasteiger partial charge on any atom is 0.314 e. The Kier molecular flexibility index (Phi) is 7.85. The lowest BCUT2D eigenvalue weighted by atomic mass is 10.1. The third-order valence-electron chi connectivity index (χ3n) is 4.89. The number of rotatable bonds is 8. The molecule has 182 valence electrons. The highest BCUT2D eigenvalue weighted by Crippen LogP contribution is 2.28. The second-order valence-corrected chi connectivity index (χ2v) is 11.7. The minimum atomic E-state index is -3.35. The minimum absolute atomic E-state index is 0.0203. The zero-order chi connectivity index (χ0) is 25.1. The summed E-state index contributed by atoms with van der Waals surface area (Å²) < 4.78 is 36.7. The van der Waals surface area contributed by atoms with E-state index >= 15 is 0 Å². The van der Waals surface area contributed by atoms with Gasteiger partial charge in [0, 0.05) is 22.8 Å². The zero-order valence-electron chi connectivity index (χ0n) is 19.9. The van der Waals surface area contributed by atoms with E-state index in [2.05, 4.69) is 5.10 Å². The highest BCUT2D eigenvalue weighted by Gasteiger charge is 2.19. The van der Waals surface area contributed by atoms with Crippen molar-refractivity contribution < 1.29 is 17.9 Å². The van der Waals surface area contributed by atoms with Gasteiger partial charge in [0.2, 0.25) is 0 Å². The molecular formula is C25H29ClN2O5S. The molecule has 0 amide bonds. The molecule has 0 unspecified atom stereocenters.